The predicted molar refractivity (Wildman–Crippen MR) is 81.7 cm³/mol. The Morgan fingerprint density at radius 3 is 2.67 bits per heavy atom. The van der Waals surface area contributed by atoms with Crippen molar-refractivity contribution in [3.63, 3.8) is 0 Å². The van der Waals surface area contributed by atoms with Gasteiger partial charge in [-0.25, -0.2) is 0 Å². The molecule has 0 aliphatic heterocycles. The van der Waals surface area contributed by atoms with E-state index in [1.807, 2.05) is 13.1 Å². The average molecular weight is 309 g/mol. The third kappa shape index (κ3) is 3.03. The summed E-state index contributed by atoms with van der Waals surface area (Å²) in [5.74, 6) is 0.489. The van der Waals surface area contributed by atoms with Gasteiger partial charge in [0, 0.05) is 18.4 Å². The first-order valence-corrected chi connectivity index (χ1v) is 8.60. The molecule has 2 aromatic rings. The van der Waals surface area contributed by atoms with Crippen molar-refractivity contribution in [2.45, 2.75) is 38.0 Å². The highest BCUT2D eigenvalue weighted by Crippen LogP contribution is 2.36. The number of hydrogen-bond donors (Lipinski definition) is 2. The Labute approximate surface area is 124 Å². The molecule has 0 bridgehead atoms. The molecule has 1 heterocycles. The van der Waals surface area contributed by atoms with Gasteiger partial charge in [0.15, 0.2) is 0 Å². The minimum atomic E-state index is -4.25. The van der Waals surface area contributed by atoms with Crippen LogP contribution in [0.4, 0.5) is 5.69 Å². The molecule has 3 rings (SSSR count). The van der Waals surface area contributed by atoms with Crippen molar-refractivity contribution in [2.75, 3.05) is 4.72 Å². The number of fused-ring (bicyclic) bond motifs is 1. The number of rotatable bonds is 3. The zero-order valence-electron chi connectivity index (χ0n) is 11.9. The van der Waals surface area contributed by atoms with E-state index < -0.39 is 10.3 Å². The van der Waals surface area contributed by atoms with E-state index in [9.17, 15) is 8.42 Å². The maximum atomic E-state index is 10.9. The van der Waals surface area contributed by atoms with Crippen LogP contribution in [0.15, 0.2) is 18.2 Å². The van der Waals surface area contributed by atoms with Crippen molar-refractivity contribution in [3.8, 4) is 0 Å². The van der Waals surface area contributed by atoms with Crippen LogP contribution in [-0.2, 0) is 17.4 Å². The molecule has 7 heteroatoms. The topological polar surface area (TPSA) is 84.2 Å². The van der Waals surface area contributed by atoms with Crippen LogP contribution in [0.2, 0.25) is 0 Å². The Kier molecular flexibility index (Phi) is 3.62. The van der Waals surface area contributed by atoms with Crippen LogP contribution in [0, 0.1) is 0 Å². The molecule has 114 valence electrons. The molecule has 1 fully saturated rings. The van der Waals surface area contributed by atoms with E-state index >= 15 is 0 Å². The van der Waals surface area contributed by atoms with E-state index in [0.29, 0.717) is 11.6 Å². The molecular formula is C14H19N3O3S. The van der Waals surface area contributed by atoms with Crippen LogP contribution in [0.5, 0.6) is 0 Å². The van der Waals surface area contributed by atoms with Gasteiger partial charge in [0.05, 0.1) is 16.9 Å². The highest BCUT2D eigenvalue weighted by molar-refractivity contribution is 7.87. The lowest BCUT2D eigenvalue weighted by Gasteiger charge is -2.19. The molecule has 1 aromatic carbocycles. The van der Waals surface area contributed by atoms with Gasteiger partial charge in [-0.05, 0) is 31.0 Å². The van der Waals surface area contributed by atoms with Crippen molar-refractivity contribution in [2.24, 2.45) is 7.05 Å². The first-order valence-electron chi connectivity index (χ1n) is 7.16. The monoisotopic (exact) mass is 309 g/mol. The summed E-state index contributed by atoms with van der Waals surface area (Å²) in [6, 6.07) is 5.23. The first-order chi connectivity index (χ1) is 9.94. The molecule has 6 nitrogen and oxygen atoms in total. The molecule has 1 saturated carbocycles. The second-order valence-electron chi connectivity index (χ2n) is 5.65. The Morgan fingerprint density at radius 1 is 1.29 bits per heavy atom. The number of anilines is 1. The minimum absolute atomic E-state index is 0.336. The maximum absolute atomic E-state index is 10.9. The largest absolute Gasteiger partial charge is 0.357 e. The lowest BCUT2D eigenvalue weighted by molar-refractivity contribution is 0.435. The summed E-state index contributed by atoms with van der Waals surface area (Å²) in [7, 11) is -2.40. The standard InChI is InChI=1S/C14H19N3O3S/c1-17-13-9-11(16-21(18,19)20)7-8-12(13)14(15-17)10-5-3-2-4-6-10/h7-10,16H,2-6H2,1H3,(H,18,19,20). The van der Waals surface area contributed by atoms with Crippen LogP contribution in [0.25, 0.3) is 10.9 Å². The van der Waals surface area contributed by atoms with Crippen LogP contribution >= 0.6 is 0 Å². The van der Waals surface area contributed by atoms with Crippen LogP contribution < -0.4 is 4.72 Å². The normalized spacial score (nSPS) is 17.2. The van der Waals surface area contributed by atoms with E-state index in [1.165, 1.54) is 19.3 Å². The highest BCUT2D eigenvalue weighted by Gasteiger charge is 2.21. The Bertz CT molecular complexity index is 761. The van der Waals surface area contributed by atoms with Crippen molar-refractivity contribution in [1.82, 2.24) is 9.78 Å². The fourth-order valence-corrected chi connectivity index (χ4v) is 3.60. The quantitative estimate of drug-likeness (QED) is 0.854. The summed E-state index contributed by atoms with van der Waals surface area (Å²) < 4.78 is 34.5. The molecule has 1 aliphatic carbocycles. The number of nitrogens with zero attached hydrogens (tertiary/aromatic N) is 2. The second kappa shape index (κ2) is 5.31. The van der Waals surface area contributed by atoms with E-state index in [0.717, 1.165) is 29.4 Å². The predicted octanol–water partition coefficient (Wildman–Crippen LogP) is 2.84. The molecule has 2 N–H and O–H groups in total. The Hall–Kier alpha value is -1.60. The molecule has 21 heavy (non-hydrogen) atoms. The van der Waals surface area contributed by atoms with Gasteiger partial charge in [-0.1, -0.05) is 19.3 Å². The molecule has 1 aliphatic rings. The number of hydrogen-bond acceptors (Lipinski definition) is 3. The first kappa shape index (κ1) is 14.3. The van der Waals surface area contributed by atoms with E-state index in [4.69, 9.17) is 4.55 Å². The molecule has 1 aromatic heterocycles. The Balaban J connectivity index is 2.01. The SMILES string of the molecule is Cn1nc(C2CCCCC2)c2ccc(NS(=O)(=O)O)cc21. The molecule has 0 saturated heterocycles. The van der Waals surface area contributed by atoms with Gasteiger partial charge >= 0.3 is 10.3 Å². The molecule has 0 spiro atoms. The van der Waals surface area contributed by atoms with E-state index in [-0.39, 0.29) is 0 Å². The lowest BCUT2D eigenvalue weighted by atomic mass is 9.86. The molecule has 0 atom stereocenters. The lowest BCUT2D eigenvalue weighted by Crippen LogP contribution is -2.10. The fourth-order valence-electron chi connectivity index (χ4n) is 3.18. The summed E-state index contributed by atoms with van der Waals surface area (Å²) >= 11 is 0. The zero-order valence-corrected chi connectivity index (χ0v) is 12.7. The third-order valence-corrected chi connectivity index (χ3v) is 4.61. The van der Waals surface area contributed by atoms with Crippen LogP contribution in [0.1, 0.15) is 43.7 Å². The smallest absolute Gasteiger partial charge is 0.269 e. The summed E-state index contributed by atoms with van der Waals surface area (Å²) in [6.07, 6.45) is 6.11. The van der Waals surface area contributed by atoms with Crippen molar-refractivity contribution in [1.29, 1.82) is 0 Å². The zero-order chi connectivity index (χ0) is 15.0. The highest BCUT2D eigenvalue weighted by atomic mass is 32.2. The summed E-state index contributed by atoms with van der Waals surface area (Å²) in [5.41, 5.74) is 2.30. The Morgan fingerprint density at radius 2 is 2.00 bits per heavy atom. The second-order valence-corrected chi connectivity index (χ2v) is 6.81. The van der Waals surface area contributed by atoms with Gasteiger partial charge in [-0.2, -0.15) is 13.5 Å². The van der Waals surface area contributed by atoms with Crippen molar-refractivity contribution in [3.05, 3.63) is 23.9 Å². The number of benzene rings is 1. The van der Waals surface area contributed by atoms with Gasteiger partial charge in [-0.3, -0.25) is 14.0 Å². The number of nitrogens with one attached hydrogen (secondary N) is 1. The molecule has 0 radical (unpaired) electrons. The minimum Gasteiger partial charge on any atom is -0.269 e. The van der Waals surface area contributed by atoms with Crippen molar-refractivity contribution < 1.29 is 13.0 Å². The maximum Gasteiger partial charge on any atom is 0.357 e. The summed E-state index contributed by atoms with van der Waals surface area (Å²) in [5, 5.41) is 5.69. The molecule has 0 unspecified atom stereocenters. The number of aryl methyl sites for hydroxylation is 1. The summed E-state index contributed by atoms with van der Waals surface area (Å²) in [6.45, 7) is 0. The molecule has 0 amide bonds. The third-order valence-electron chi connectivity index (χ3n) is 4.12. The van der Waals surface area contributed by atoms with Crippen molar-refractivity contribution >= 4 is 26.9 Å². The van der Waals surface area contributed by atoms with Crippen LogP contribution in [-0.4, -0.2) is 22.8 Å². The van der Waals surface area contributed by atoms with E-state index in [1.54, 1.807) is 16.8 Å². The molecular weight excluding hydrogens is 290 g/mol. The van der Waals surface area contributed by atoms with Gasteiger partial charge in [-0.15, -0.1) is 0 Å². The van der Waals surface area contributed by atoms with E-state index in [2.05, 4.69) is 9.82 Å². The van der Waals surface area contributed by atoms with Gasteiger partial charge in [0.25, 0.3) is 0 Å². The van der Waals surface area contributed by atoms with Crippen LogP contribution in [0.3, 0.4) is 0 Å². The van der Waals surface area contributed by atoms with Gasteiger partial charge < -0.3 is 0 Å². The fraction of sp³-hybridized carbons (Fsp3) is 0.500. The number of aromatic nitrogens is 2. The summed E-state index contributed by atoms with van der Waals surface area (Å²) in [4.78, 5) is 0. The van der Waals surface area contributed by atoms with Gasteiger partial charge in [0.1, 0.15) is 0 Å². The average Bonchev–Trinajstić information content (AvgIpc) is 2.75. The van der Waals surface area contributed by atoms with Gasteiger partial charge in [0.2, 0.25) is 0 Å².